The normalized spacial score (nSPS) is 19.8. The highest BCUT2D eigenvalue weighted by atomic mass is 16.2. The first kappa shape index (κ1) is 18.2. The van der Waals surface area contributed by atoms with Gasteiger partial charge in [-0.25, -0.2) is 0 Å². The quantitative estimate of drug-likeness (QED) is 0.825. The minimum absolute atomic E-state index is 0.0372. The first-order valence-corrected chi connectivity index (χ1v) is 10.2. The number of nitrogens with one attached hydrogen (secondary N) is 2. The lowest BCUT2D eigenvalue weighted by Crippen LogP contribution is -2.46. The Kier molecular flexibility index (Phi) is 5.04. The molecule has 2 fully saturated rings. The number of aryl methyl sites for hydroxylation is 1. The van der Waals surface area contributed by atoms with Gasteiger partial charge in [0.1, 0.15) is 0 Å². The smallest absolute Gasteiger partial charge is 0.272 e. The van der Waals surface area contributed by atoms with Gasteiger partial charge in [0.15, 0.2) is 5.69 Å². The maximum atomic E-state index is 12.6. The van der Waals surface area contributed by atoms with Gasteiger partial charge in [-0.2, -0.15) is 5.10 Å². The minimum atomic E-state index is -0.0372. The fourth-order valence-electron chi connectivity index (χ4n) is 4.40. The molecular weight excluding hydrogens is 336 g/mol. The van der Waals surface area contributed by atoms with Crippen LogP contribution in [-0.4, -0.2) is 46.7 Å². The summed E-state index contributed by atoms with van der Waals surface area (Å²) in [5.74, 6) is -0.0372. The maximum absolute atomic E-state index is 12.6. The van der Waals surface area contributed by atoms with Crippen LogP contribution in [0.1, 0.15) is 59.9 Å². The lowest BCUT2D eigenvalue weighted by Gasteiger charge is -2.34. The van der Waals surface area contributed by atoms with Crippen molar-refractivity contribution >= 4 is 5.91 Å². The van der Waals surface area contributed by atoms with Gasteiger partial charge in [0.25, 0.3) is 5.91 Å². The number of amides is 1. The van der Waals surface area contributed by atoms with Gasteiger partial charge in [-0.15, -0.1) is 0 Å². The predicted molar refractivity (Wildman–Crippen MR) is 107 cm³/mol. The van der Waals surface area contributed by atoms with Crippen molar-refractivity contribution in [3.8, 4) is 0 Å². The summed E-state index contributed by atoms with van der Waals surface area (Å²) < 4.78 is 0. The first-order valence-electron chi connectivity index (χ1n) is 10.2. The van der Waals surface area contributed by atoms with E-state index in [4.69, 9.17) is 0 Å². The average Bonchev–Trinajstić information content (AvgIpc) is 3.38. The molecule has 0 atom stereocenters. The molecule has 1 aliphatic heterocycles. The Morgan fingerprint density at radius 3 is 2.56 bits per heavy atom. The van der Waals surface area contributed by atoms with E-state index in [1.54, 1.807) is 0 Å². The van der Waals surface area contributed by atoms with E-state index in [1.165, 1.54) is 18.4 Å². The van der Waals surface area contributed by atoms with E-state index in [0.29, 0.717) is 11.1 Å². The van der Waals surface area contributed by atoms with Gasteiger partial charge in [0.05, 0.1) is 0 Å². The Morgan fingerprint density at radius 2 is 1.96 bits per heavy atom. The SMILES string of the molecule is CCc1[nH]nc(C(=O)NC2CCN(CC3(c4ccccc4)CC3)CC2)c1C. The minimum Gasteiger partial charge on any atom is -0.348 e. The molecule has 4 rings (SSSR count). The Hall–Kier alpha value is -2.14. The lowest BCUT2D eigenvalue weighted by atomic mass is 9.94. The number of piperidine rings is 1. The summed E-state index contributed by atoms with van der Waals surface area (Å²) in [6.45, 7) is 7.30. The van der Waals surface area contributed by atoms with Crippen molar-refractivity contribution in [2.24, 2.45) is 0 Å². The molecule has 0 spiro atoms. The highest BCUT2D eigenvalue weighted by Crippen LogP contribution is 2.48. The molecule has 2 heterocycles. The summed E-state index contributed by atoms with van der Waals surface area (Å²) >= 11 is 0. The van der Waals surface area contributed by atoms with Gasteiger partial charge >= 0.3 is 0 Å². The molecule has 2 aliphatic rings. The summed E-state index contributed by atoms with van der Waals surface area (Å²) in [4.78, 5) is 15.1. The van der Waals surface area contributed by atoms with Crippen molar-refractivity contribution in [2.75, 3.05) is 19.6 Å². The highest BCUT2D eigenvalue weighted by Gasteiger charge is 2.45. The van der Waals surface area contributed by atoms with Gasteiger partial charge in [-0.3, -0.25) is 9.89 Å². The van der Waals surface area contributed by atoms with Gasteiger partial charge in [-0.05, 0) is 44.6 Å². The van der Waals surface area contributed by atoms with Crippen LogP contribution < -0.4 is 5.32 Å². The number of likely N-dealkylation sites (tertiary alicyclic amines) is 1. The third-order valence-electron chi connectivity index (χ3n) is 6.37. The van der Waals surface area contributed by atoms with E-state index in [2.05, 4.69) is 57.7 Å². The number of carbonyl (C=O) groups excluding carboxylic acids is 1. The van der Waals surface area contributed by atoms with Crippen LogP contribution in [-0.2, 0) is 11.8 Å². The molecule has 144 valence electrons. The van der Waals surface area contributed by atoms with E-state index in [9.17, 15) is 4.79 Å². The zero-order chi connectivity index (χ0) is 18.9. The molecule has 27 heavy (non-hydrogen) atoms. The monoisotopic (exact) mass is 366 g/mol. The number of hydrogen-bond acceptors (Lipinski definition) is 3. The Bertz CT molecular complexity index is 786. The molecule has 1 saturated heterocycles. The topological polar surface area (TPSA) is 61.0 Å². The zero-order valence-electron chi connectivity index (χ0n) is 16.4. The van der Waals surface area contributed by atoms with Crippen LogP contribution in [0.5, 0.6) is 0 Å². The van der Waals surface area contributed by atoms with E-state index in [-0.39, 0.29) is 11.9 Å². The second-order valence-electron chi connectivity index (χ2n) is 8.20. The van der Waals surface area contributed by atoms with Crippen molar-refractivity contribution in [1.29, 1.82) is 0 Å². The predicted octanol–water partition coefficient (Wildman–Crippen LogP) is 3.21. The summed E-state index contributed by atoms with van der Waals surface area (Å²) in [6.07, 6.45) is 5.49. The molecule has 2 N–H and O–H groups in total. The summed E-state index contributed by atoms with van der Waals surface area (Å²) in [5.41, 5.74) is 4.44. The Morgan fingerprint density at radius 1 is 1.26 bits per heavy atom. The van der Waals surface area contributed by atoms with E-state index < -0.39 is 0 Å². The van der Waals surface area contributed by atoms with Gasteiger partial charge in [0, 0.05) is 42.3 Å². The zero-order valence-corrected chi connectivity index (χ0v) is 16.4. The number of aromatic amines is 1. The van der Waals surface area contributed by atoms with Crippen LogP contribution >= 0.6 is 0 Å². The molecule has 2 aromatic rings. The van der Waals surface area contributed by atoms with E-state index >= 15 is 0 Å². The van der Waals surface area contributed by atoms with Crippen LogP contribution in [0.3, 0.4) is 0 Å². The van der Waals surface area contributed by atoms with E-state index in [0.717, 1.165) is 50.2 Å². The Labute approximate surface area is 161 Å². The second kappa shape index (κ2) is 7.47. The number of nitrogens with zero attached hydrogens (tertiary/aromatic N) is 2. The summed E-state index contributed by atoms with van der Waals surface area (Å²) in [5, 5.41) is 10.4. The standard InChI is InChI=1S/C22H30N4O/c1-3-19-16(2)20(25-24-19)21(27)23-18-9-13-26(14-10-18)15-22(11-12-22)17-7-5-4-6-8-17/h4-8,18H,3,9-15H2,1-2H3,(H,23,27)(H,24,25). The molecular formula is C22H30N4O. The number of rotatable bonds is 6. The fourth-order valence-corrected chi connectivity index (χ4v) is 4.40. The number of carbonyl (C=O) groups is 1. The van der Waals surface area contributed by atoms with Crippen LogP contribution in [0.4, 0.5) is 0 Å². The van der Waals surface area contributed by atoms with E-state index in [1.807, 2.05) is 6.92 Å². The molecule has 0 bridgehead atoms. The van der Waals surface area contributed by atoms with Crippen LogP contribution in [0, 0.1) is 6.92 Å². The molecule has 1 aromatic carbocycles. The van der Waals surface area contributed by atoms with Gasteiger partial charge in [-0.1, -0.05) is 37.3 Å². The molecule has 1 aromatic heterocycles. The molecule has 1 amide bonds. The van der Waals surface area contributed by atoms with Crippen molar-refractivity contribution in [2.45, 2.75) is 57.4 Å². The maximum Gasteiger partial charge on any atom is 0.272 e. The van der Waals surface area contributed by atoms with Crippen LogP contribution in [0.25, 0.3) is 0 Å². The molecule has 5 nitrogen and oxygen atoms in total. The van der Waals surface area contributed by atoms with Crippen LogP contribution in [0.15, 0.2) is 30.3 Å². The average molecular weight is 367 g/mol. The van der Waals surface area contributed by atoms with Crippen molar-refractivity contribution in [1.82, 2.24) is 20.4 Å². The third kappa shape index (κ3) is 3.79. The molecule has 0 unspecified atom stereocenters. The van der Waals surface area contributed by atoms with Crippen molar-refractivity contribution < 1.29 is 4.79 Å². The second-order valence-corrected chi connectivity index (χ2v) is 8.20. The van der Waals surface area contributed by atoms with Gasteiger partial charge in [0.2, 0.25) is 0 Å². The fraction of sp³-hybridized carbons (Fsp3) is 0.545. The number of aromatic nitrogens is 2. The first-order chi connectivity index (χ1) is 13.1. The number of benzene rings is 1. The van der Waals surface area contributed by atoms with Crippen molar-refractivity contribution in [3.63, 3.8) is 0 Å². The summed E-state index contributed by atoms with van der Waals surface area (Å²) in [6, 6.07) is 11.2. The van der Waals surface area contributed by atoms with Gasteiger partial charge < -0.3 is 10.2 Å². The lowest BCUT2D eigenvalue weighted by molar-refractivity contribution is 0.0902. The summed E-state index contributed by atoms with van der Waals surface area (Å²) in [7, 11) is 0. The largest absolute Gasteiger partial charge is 0.348 e. The highest BCUT2D eigenvalue weighted by molar-refractivity contribution is 5.94. The van der Waals surface area contributed by atoms with Crippen LogP contribution in [0.2, 0.25) is 0 Å². The number of hydrogen-bond donors (Lipinski definition) is 2. The number of H-pyrrole nitrogens is 1. The molecule has 1 aliphatic carbocycles. The molecule has 1 saturated carbocycles. The molecule has 0 radical (unpaired) electrons. The Balaban J connectivity index is 1.29. The third-order valence-corrected chi connectivity index (χ3v) is 6.37. The van der Waals surface area contributed by atoms with Crippen molar-refractivity contribution in [3.05, 3.63) is 52.8 Å². The molecule has 5 heteroatoms.